The highest BCUT2D eigenvalue weighted by molar-refractivity contribution is 7.86. The Morgan fingerprint density at radius 1 is 1.19 bits per heavy atom. The van der Waals surface area contributed by atoms with Gasteiger partial charge in [0.2, 0.25) is 0 Å². The second-order valence-corrected chi connectivity index (χ2v) is 5.97. The van der Waals surface area contributed by atoms with Crippen molar-refractivity contribution in [3.8, 4) is 0 Å². The van der Waals surface area contributed by atoms with Gasteiger partial charge in [-0.05, 0) is 24.1 Å². The number of nitrogens with zero attached hydrogens (tertiary/aromatic N) is 3. The highest BCUT2D eigenvalue weighted by atomic mass is 32.2. The molecule has 0 N–H and O–H groups in total. The maximum Gasteiger partial charge on any atom is 0.281 e. The summed E-state index contributed by atoms with van der Waals surface area (Å²) in [6.45, 7) is 0.463. The fourth-order valence-electron chi connectivity index (χ4n) is 1.23. The zero-order valence-electron chi connectivity index (χ0n) is 9.79. The molecule has 5 nitrogen and oxygen atoms in total. The molecular formula is C10H17N3O2S. The van der Waals surface area contributed by atoms with Crippen LogP contribution in [0.5, 0.6) is 0 Å². The first-order valence-corrected chi connectivity index (χ1v) is 6.37. The van der Waals surface area contributed by atoms with Crippen molar-refractivity contribution in [2.24, 2.45) is 0 Å². The van der Waals surface area contributed by atoms with Crippen molar-refractivity contribution in [2.75, 3.05) is 27.7 Å². The lowest BCUT2D eigenvalue weighted by atomic mass is 10.2. The summed E-state index contributed by atoms with van der Waals surface area (Å²) in [5.41, 5.74) is 1.08. The predicted molar refractivity (Wildman–Crippen MR) is 63.2 cm³/mol. The van der Waals surface area contributed by atoms with Gasteiger partial charge >= 0.3 is 0 Å². The second-order valence-electron chi connectivity index (χ2n) is 3.72. The normalized spacial score (nSPS) is 12.3. The van der Waals surface area contributed by atoms with E-state index in [2.05, 4.69) is 4.98 Å². The van der Waals surface area contributed by atoms with Gasteiger partial charge in [0.05, 0.1) is 0 Å². The van der Waals surface area contributed by atoms with E-state index in [-0.39, 0.29) is 0 Å². The van der Waals surface area contributed by atoms with Gasteiger partial charge in [-0.2, -0.15) is 17.0 Å². The lowest BCUT2D eigenvalue weighted by Gasteiger charge is -2.21. The standard InChI is InChI=1S/C10H17N3O2S/c1-12(2)16(14,15)13(3)9-6-10-4-7-11-8-5-10/h4-5,7-8H,6,9H2,1-3H3. The number of hydrogen-bond donors (Lipinski definition) is 0. The molecule has 0 bridgehead atoms. The van der Waals surface area contributed by atoms with Gasteiger partial charge in [-0.25, -0.2) is 0 Å². The molecule has 0 fully saturated rings. The van der Waals surface area contributed by atoms with Crippen LogP contribution in [0.1, 0.15) is 5.56 Å². The largest absolute Gasteiger partial charge is 0.281 e. The number of rotatable bonds is 5. The third kappa shape index (κ3) is 3.26. The van der Waals surface area contributed by atoms with E-state index in [1.165, 1.54) is 22.7 Å². The van der Waals surface area contributed by atoms with Crippen LogP contribution in [-0.4, -0.2) is 49.7 Å². The lowest BCUT2D eigenvalue weighted by Crippen LogP contribution is -2.38. The van der Waals surface area contributed by atoms with Gasteiger partial charge < -0.3 is 0 Å². The van der Waals surface area contributed by atoms with Crippen LogP contribution in [-0.2, 0) is 16.6 Å². The summed E-state index contributed by atoms with van der Waals surface area (Å²) in [6.07, 6.45) is 4.09. The quantitative estimate of drug-likeness (QED) is 0.750. The molecular weight excluding hydrogens is 226 g/mol. The van der Waals surface area contributed by atoms with Gasteiger partial charge in [-0.15, -0.1) is 0 Å². The third-order valence-electron chi connectivity index (χ3n) is 2.32. The predicted octanol–water partition coefficient (Wildman–Crippen LogP) is 0.362. The topological polar surface area (TPSA) is 53.5 Å². The van der Waals surface area contributed by atoms with Crippen LogP contribution in [0.3, 0.4) is 0 Å². The summed E-state index contributed by atoms with van der Waals surface area (Å²) < 4.78 is 25.9. The zero-order valence-corrected chi connectivity index (χ0v) is 10.6. The van der Waals surface area contributed by atoms with E-state index >= 15 is 0 Å². The van der Waals surface area contributed by atoms with Gasteiger partial charge in [0.1, 0.15) is 0 Å². The molecule has 0 unspecified atom stereocenters. The maximum atomic E-state index is 11.7. The van der Waals surface area contributed by atoms with Gasteiger partial charge in [0, 0.05) is 40.1 Å². The number of aromatic nitrogens is 1. The average molecular weight is 243 g/mol. The molecule has 0 saturated carbocycles. The van der Waals surface area contributed by atoms with Crippen LogP contribution in [0.2, 0.25) is 0 Å². The molecule has 0 amide bonds. The molecule has 1 aromatic heterocycles. The molecule has 16 heavy (non-hydrogen) atoms. The Hall–Kier alpha value is -0.980. The third-order valence-corrected chi connectivity index (χ3v) is 4.21. The molecule has 0 aliphatic heterocycles. The van der Waals surface area contributed by atoms with E-state index in [4.69, 9.17) is 0 Å². The molecule has 1 rings (SSSR count). The van der Waals surface area contributed by atoms with E-state index in [1.54, 1.807) is 19.4 Å². The minimum atomic E-state index is -3.30. The van der Waals surface area contributed by atoms with Crippen LogP contribution in [0.4, 0.5) is 0 Å². The van der Waals surface area contributed by atoms with Gasteiger partial charge in [-0.1, -0.05) is 0 Å². The first kappa shape index (κ1) is 13.1. The van der Waals surface area contributed by atoms with E-state index in [0.717, 1.165) is 5.56 Å². The molecule has 0 aliphatic rings. The highest BCUT2D eigenvalue weighted by Crippen LogP contribution is 2.04. The van der Waals surface area contributed by atoms with Crippen molar-refractivity contribution in [1.82, 2.24) is 13.6 Å². The van der Waals surface area contributed by atoms with Crippen LogP contribution in [0, 0.1) is 0 Å². The fourth-order valence-corrected chi connectivity index (χ4v) is 2.11. The van der Waals surface area contributed by atoms with Crippen molar-refractivity contribution >= 4 is 10.2 Å². The Morgan fingerprint density at radius 3 is 2.25 bits per heavy atom. The van der Waals surface area contributed by atoms with E-state index in [1.807, 2.05) is 12.1 Å². The molecule has 0 aromatic carbocycles. The maximum absolute atomic E-state index is 11.7. The molecule has 6 heteroatoms. The smallest absolute Gasteiger partial charge is 0.265 e. The summed E-state index contributed by atoms with van der Waals surface area (Å²) in [4.78, 5) is 3.91. The fraction of sp³-hybridized carbons (Fsp3) is 0.500. The molecule has 1 heterocycles. The van der Waals surface area contributed by atoms with E-state index in [9.17, 15) is 8.42 Å². The summed E-state index contributed by atoms with van der Waals surface area (Å²) in [6, 6.07) is 3.77. The zero-order chi connectivity index (χ0) is 12.2. The van der Waals surface area contributed by atoms with Crippen molar-refractivity contribution in [1.29, 1.82) is 0 Å². The number of hydrogen-bond acceptors (Lipinski definition) is 3. The number of pyridine rings is 1. The van der Waals surface area contributed by atoms with Crippen LogP contribution >= 0.6 is 0 Å². The Balaban J connectivity index is 2.57. The molecule has 0 saturated heterocycles. The Labute approximate surface area is 96.9 Å². The van der Waals surface area contributed by atoms with E-state index < -0.39 is 10.2 Å². The molecule has 0 radical (unpaired) electrons. The molecule has 0 spiro atoms. The number of likely N-dealkylation sites (N-methyl/N-ethyl adjacent to an activating group) is 1. The molecule has 1 aromatic rings. The summed E-state index contributed by atoms with van der Waals surface area (Å²) in [7, 11) is 1.34. The summed E-state index contributed by atoms with van der Waals surface area (Å²) in [5, 5.41) is 0. The minimum Gasteiger partial charge on any atom is -0.265 e. The van der Waals surface area contributed by atoms with Gasteiger partial charge in [-0.3, -0.25) is 4.98 Å². The Kier molecular flexibility index (Phi) is 4.40. The summed E-state index contributed by atoms with van der Waals surface area (Å²) in [5.74, 6) is 0. The van der Waals surface area contributed by atoms with E-state index in [0.29, 0.717) is 13.0 Å². The van der Waals surface area contributed by atoms with Crippen molar-refractivity contribution in [3.05, 3.63) is 30.1 Å². The minimum absolute atomic E-state index is 0.463. The monoisotopic (exact) mass is 243 g/mol. The molecule has 0 atom stereocenters. The van der Waals surface area contributed by atoms with Crippen molar-refractivity contribution < 1.29 is 8.42 Å². The lowest BCUT2D eigenvalue weighted by molar-refractivity contribution is 0.419. The second kappa shape index (κ2) is 5.38. The highest BCUT2D eigenvalue weighted by Gasteiger charge is 2.19. The van der Waals surface area contributed by atoms with Crippen molar-refractivity contribution in [3.63, 3.8) is 0 Å². The van der Waals surface area contributed by atoms with Crippen LogP contribution in [0.15, 0.2) is 24.5 Å². The summed E-state index contributed by atoms with van der Waals surface area (Å²) >= 11 is 0. The Bertz CT molecular complexity index is 417. The van der Waals surface area contributed by atoms with Gasteiger partial charge in [0.25, 0.3) is 10.2 Å². The van der Waals surface area contributed by atoms with Gasteiger partial charge in [0.15, 0.2) is 0 Å². The average Bonchev–Trinajstić information content (AvgIpc) is 2.27. The Morgan fingerprint density at radius 2 is 1.75 bits per heavy atom. The SMILES string of the molecule is CN(C)S(=O)(=O)N(C)CCc1ccncc1. The molecule has 90 valence electrons. The molecule has 0 aliphatic carbocycles. The van der Waals surface area contributed by atoms with Crippen LogP contribution in [0.25, 0.3) is 0 Å². The first-order chi connectivity index (χ1) is 7.44. The van der Waals surface area contributed by atoms with Crippen LogP contribution < -0.4 is 0 Å². The van der Waals surface area contributed by atoms with Crippen molar-refractivity contribution in [2.45, 2.75) is 6.42 Å². The first-order valence-electron chi connectivity index (χ1n) is 4.97.